The molecule has 0 spiro atoms. The number of carbonyl (C=O) groups is 3. The van der Waals surface area contributed by atoms with Crippen molar-refractivity contribution in [3.63, 3.8) is 0 Å². The maximum absolute atomic E-state index is 14.4. The number of amides is 1. The molecule has 5 atom stereocenters. The first-order valence-corrected chi connectivity index (χ1v) is 21.4. The minimum atomic E-state index is -4.72. The topological polar surface area (TPSA) is 91.4 Å². The fourth-order valence-corrected chi connectivity index (χ4v) is 13.7. The molecule has 2 aromatic carbocycles. The first kappa shape index (κ1) is 43.1. The van der Waals surface area contributed by atoms with Crippen molar-refractivity contribution in [3.8, 4) is 0 Å². The van der Waals surface area contributed by atoms with E-state index in [1.165, 1.54) is 17.0 Å². The van der Waals surface area contributed by atoms with Crippen LogP contribution in [0.15, 0.2) is 60.2 Å². The molecule has 1 amide bonds. The molecular weight excluding hydrogens is 716 g/mol. The molecule has 0 unspecified atom stereocenters. The van der Waals surface area contributed by atoms with Crippen LogP contribution in [0.3, 0.4) is 0 Å². The molecule has 1 fully saturated rings. The number of cyclic esters (lactones) is 1. The van der Waals surface area contributed by atoms with Gasteiger partial charge in [-0.1, -0.05) is 105 Å². The highest BCUT2D eigenvalue weighted by molar-refractivity contribution is 6.78. The second-order valence-corrected chi connectivity index (χ2v) is 21.7. The normalized spacial score (nSPS) is 21.4. The van der Waals surface area contributed by atoms with Gasteiger partial charge in [0, 0.05) is 25.6 Å². The lowest BCUT2D eigenvalue weighted by molar-refractivity contribution is -0.179. The molecule has 298 valence electrons. The van der Waals surface area contributed by atoms with Gasteiger partial charge in [0.25, 0.3) is 8.32 Å². The Morgan fingerprint density at radius 1 is 0.926 bits per heavy atom. The lowest BCUT2D eigenvalue weighted by Gasteiger charge is -2.42. The second kappa shape index (κ2) is 17.9. The number of hydrogen-bond acceptors (Lipinski definition) is 7. The Kier molecular flexibility index (Phi) is 14.3. The van der Waals surface area contributed by atoms with Crippen LogP contribution in [0.5, 0.6) is 0 Å². The molecule has 0 N–H and O–H groups in total. The van der Waals surface area contributed by atoms with Gasteiger partial charge in [0.15, 0.2) is 6.10 Å². The average Bonchev–Trinajstić information content (AvgIpc) is 3.44. The van der Waals surface area contributed by atoms with E-state index in [0.717, 1.165) is 43.9 Å². The van der Waals surface area contributed by atoms with Gasteiger partial charge in [0.05, 0.1) is 17.2 Å². The number of esters is 2. The molecule has 0 aromatic heterocycles. The van der Waals surface area contributed by atoms with Gasteiger partial charge in [0.2, 0.25) is 6.29 Å². The zero-order valence-corrected chi connectivity index (χ0v) is 34.4. The van der Waals surface area contributed by atoms with Crippen LogP contribution in [0, 0.1) is 17.8 Å². The standard InChI is InChI=1S/C42H58F3NO7Si/c1-25(2)34-18-16-29(9)20-37(34)51-38-22-36(40(48)52-38)39(50-30(10)47)35-19-17-33(42(43,44)45)21-32(35)24-46(23-31-14-12-11-13-15-31)41(49)53-54(26(3)4,27(5)6)28(7)8/h11-15,17,19,21-22,25-29,34,37-39H,16,18,20,23-24H2,1-10H3/t29-,34+,37-,38-,39+/m1/s1. The maximum Gasteiger partial charge on any atom is 0.416 e. The summed E-state index contributed by atoms with van der Waals surface area (Å²) in [4.78, 5) is 41.9. The molecule has 2 aliphatic rings. The van der Waals surface area contributed by atoms with Crippen LogP contribution < -0.4 is 0 Å². The molecule has 0 saturated heterocycles. The largest absolute Gasteiger partial charge is 0.503 e. The summed E-state index contributed by atoms with van der Waals surface area (Å²) in [5, 5.41) is 0. The molecule has 12 heteroatoms. The minimum absolute atomic E-state index is 0.0316. The third kappa shape index (κ3) is 10.2. The van der Waals surface area contributed by atoms with Gasteiger partial charge in [-0.25, -0.2) is 9.59 Å². The van der Waals surface area contributed by atoms with E-state index in [0.29, 0.717) is 11.8 Å². The molecule has 0 bridgehead atoms. The number of nitrogens with zero attached hydrogens (tertiary/aromatic N) is 1. The van der Waals surface area contributed by atoms with E-state index in [9.17, 15) is 27.6 Å². The summed E-state index contributed by atoms with van der Waals surface area (Å²) in [6.45, 7) is 19.5. The van der Waals surface area contributed by atoms with Gasteiger partial charge in [-0.05, 0) is 76.6 Å². The minimum Gasteiger partial charge on any atom is -0.503 e. The molecule has 2 aromatic rings. The van der Waals surface area contributed by atoms with Gasteiger partial charge >= 0.3 is 24.2 Å². The first-order valence-electron chi connectivity index (χ1n) is 19.2. The summed E-state index contributed by atoms with van der Waals surface area (Å²) in [5.41, 5.74) is 0.0324. The third-order valence-corrected chi connectivity index (χ3v) is 17.1. The van der Waals surface area contributed by atoms with Gasteiger partial charge < -0.3 is 23.5 Å². The molecule has 8 nitrogen and oxygen atoms in total. The van der Waals surface area contributed by atoms with E-state index >= 15 is 0 Å². The number of ether oxygens (including phenoxy) is 3. The first-order chi connectivity index (χ1) is 25.2. The van der Waals surface area contributed by atoms with Crippen LogP contribution in [0.25, 0.3) is 0 Å². The van der Waals surface area contributed by atoms with Crippen molar-refractivity contribution in [2.45, 2.75) is 143 Å². The lowest BCUT2D eigenvalue weighted by Crippen LogP contribution is -2.51. The monoisotopic (exact) mass is 773 g/mol. The SMILES string of the molecule is CC(=O)O[C@H](C1=C[C@H](O[C@@H]2C[C@H](C)CC[C@H]2C(C)C)OC1=O)c1ccc(C(F)(F)F)cc1CN(Cc1ccccc1)C(=O)O[Si](C(C)C)(C(C)C)C(C)C. The average molecular weight is 774 g/mol. The van der Waals surface area contributed by atoms with Crippen LogP contribution in [0.2, 0.25) is 16.6 Å². The Bertz CT molecular complexity index is 1620. The lowest BCUT2D eigenvalue weighted by atomic mass is 9.75. The maximum atomic E-state index is 14.4. The molecule has 54 heavy (non-hydrogen) atoms. The van der Waals surface area contributed by atoms with E-state index in [-0.39, 0.29) is 58.4 Å². The summed E-state index contributed by atoms with van der Waals surface area (Å²) in [7, 11) is -2.78. The van der Waals surface area contributed by atoms with Gasteiger partial charge in [0.1, 0.15) is 0 Å². The fraction of sp³-hybridized carbons (Fsp3) is 0.595. The van der Waals surface area contributed by atoms with Crippen LogP contribution in [0.1, 0.15) is 117 Å². The smallest absolute Gasteiger partial charge is 0.416 e. The third-order valence-electron chi connectivity index (χ3n) is 11.2. The predicted octanol–water partition coefficient (Wildman–Crippen LogP) is 10.9. The van der Waals surface area contributed by atoms with E-state index in [1.807, 2.05) is 71.9 Å². The molecule has 1 aliphatic heterocycles. The summed E-state index contributed by atoms with van der Waals surface area (Å²) in [6.07, 6.45) is -3.75. The number of carbonyl (C=O) groups excluding carboxylic acids is 3. The Labute approximate surface area is 319 Å². The predicted molar refractivity (Wildman–Crippen MR) is 203 cm³/mol. The highest BCUT2D eigenvalue weighted by Crippen LogP contribution is 2.44. The van der Waals surface area contributed by atoms with Crippen molar-refractivity contribution >= 4 is 26.3 Å². The summed E-state index contributed by atoms with van der Waals surface area (Å²) in [5.74, 6) is -0.542. The number of alkyl halides is 3. The van der Waals surface area contributed by atoms with Crippen molar-refractivity contribution in [2.75, 3.05) is 0 Å². The molecular formula is C42H58F3NO7Si. The van der Waals surface area contributed by atoms with Crippen molar-refractivity contribution in [1.82, 2.24) is 4.90 Å². The summed E-state index contributed by atoms with van der Waals surface area (Å²) >= 11 is 0. The molecule has 4 rings (SSSR count). The number of benzene rings is 2. The van der Waals surface area contributed by atoms with Crippen molar-refractivity contribution in [3.05, 3.63) is 82.4 Å². The van der Waals surface area contributed by atoms with Gasteiger partial charge in [-0.2, -0.15) is 13.2 Å². The number of hydrogen-bond donors (Lipinski definition) is 0. The Morgan fingerprint density at radius 3 is 2.11 bits per heavy atom. The molecule has 1 aliphatic carbocycles. The molecule has 1 saturated carbocycles. The van der Waals surface area contributed by atoms with E-state index < -0.39 is 50.5 Å². The van der Waals surface area contributed by atoms with E-state index in [4.69, 9.17) is 18.6 Å². The van der Waals surface area contributed by atoms with Crippen LogP contribution in [-0.2, 0) is 47.5 Å². The van der Waals surface area contributed by atoms with Crippen LogP contribution >= 0.6 is 0 Å². The van der Waals surface area contributed by atoms with Gasteiger partial charge in [-0.3, -0.25) is 4.79 Å². The highest BCUT2D eigenvalue weighted by atomic mass is 28.4. The Balaban J connectivity index is 1.81. The Hall–Kier alpha value is -3.64. The molecule has 0 radical (unpaired) electrons. The zero-order valence-electron chi connectivity index (χ0n) is 33.4. The second-order valence-electron chi connectivity index (χ2n) is 16.3. The quantitative estimate of drug-likeness (QED) is 0.139. The summed E-state index contributed by atoms with van der Waals surface area (Å²) in [6, 6.07) is 12.1. The number of rotatable bonds is 14. The fourth-order valence-electron chi connectivity index (χ4n) is 8.53. The van der Waals surface area contributed by atoms with Crippen LogP contribution in [-0.4, -0.2) is 43.6 Å². The zero-order chi connectivity index (χ0) is 40.1. The Morgan fingerprint density at radius 2 is 1.56 bits per heavy atom. The molecule has 1 heterocycles. The van der Waals surface area contributed by atoms with Crippen molar-refractivity contribution < 1.29 is 46.2 Å². The van der Waals surface area contributed by atoms with Gasteiger partial charge in [-0.15, -0.1) is 0 Å². The highest BCUT2D eigenvalue weighted by Gasteiger charge is 2.49. The van der Waals surface area contributed by atoms with Crippen LogP contribution in [0.4, 0.5) is 18.0 Å². The van der Waals surface area contributed by atoms with E-state index in [1.54, 1.807) is 0 Å². The van der Waals surface area contributed by atoms with E-state index in [2.05, 4.69) is 20.8 Å². The van der Waals surface area contributed by atoms with Crippen molar-refractivity contribution in [1.29, 1.82) is 0 Å². The summed E-state index contributed by atoms with van der Waals surface area (Å²) < 4.78 is 67.2. The van der Waals surface area contributed by atoms with Crippen molar-refractivity contribution in [2.24, 2.45) is 17.8 Å². The number of halogens is 3.